The van der Waals surface area contributed by atoms with Crippen LogP contribution in [0.3, 0.4) is 0 Å². The van der Waals surface area contributed by atoms with Crippen LogP contribution in [0.15, 0.2) is 18.2 Å². The fraction of sp³-hybridized carbons (Fsp3) is 0.462. The number of hydrogen-bond donors (Lipinski definition) is 1. The third kappa shape index (κ3) is 4.94. The fourth-order valence-electron chi connectivity index (χ4n) is 1.35. The largest absolute Gasteiger partial charge is 0.490 e. The first-order valence-corrected chi connectivity index (χ1v) is 6.26. The van der Waals surface area contributed by atoms with Crippen LogP contribution in [-0.4, -0.2) is 30.9 Å². The van der Waals surface area contributed by atoms with E-state index >= 15 is 0 Å². The van der Waals surface area contributed by atoms with E-state index in [1.54, 1.807) is 0 Å². The Morgan fingerprint density at radius 3 is 2.78 bits per heavy atom. The van der Waals surface area contributed by atoms with Gasteiger partial charge in [0, 0.05) is 11.6 Å². The maximum atomic E-state index is 11.0. The number of hydrogen-bond acceptors (Lipinski definition) is 3. The zero-order chi connectivity index (χ0) is 13.4. The maximum absolute atomic E-state index is 11.0. The summed E-state index contributed by atoms with van der Waals surface area (Å²) >= 11 is 5.80. The van der Waals surface area contributed by atoms with Gasteiger partial charge in [-0.25, -0.2) is 4.79 Å². The van der Waals surface area contributed by atoms with Crippen molar-refractivity contribution in [2.75, 3.05) is 19.8 Å². The SMILES string of the molecule is CCCCOCCOc1cc(Cl)ccc1C(=O)O. The first-order valence-electron chi connectivity index (χ1n) is 5.88. The third-order valence-electron chi connectivity index (χ3n) is 2.30. The molecular weight excluding hydrogens is 256 g/mol. The Labute approximate surface area is 111 Å². The summed E-state index contributed by atoms with van der Waals surface area (Å²) in [4.78, 5) is 11.0. The van der Waals surface area contributed by atoms with Gasteiger partial charge in [0.15, 0.2) is 0 Å². The molecule has 0 heterocycles. The van der Waals surface area contributed by atoms with E-state index in [4.69, 9.17) is 26.2 Å². The van der Waals surface area contributed by atoms with E-state index < -0.39 is 5.97 Å². The van der Waals surface area contributed by atoms with E-state index in [1.807, 2.05) is 0 Å². The third-order valence-corrected chi connectivity index (χ3v) is 2.54. The maximum Gasteiger partial charge on any atom is 0.339 e. The molecule has 1 N–H and O–H groups in total. The lowest BCUT2D eigenvalue weighted by Gasteiger charge is -2.09. The van der Waals surface area contributed by atoms with Crippen molar-refractivity contribution in [1.82, 2.24) is 0 Å². The van der Waals surface area contributed by atoms with Crippen LogP contribution in [0.2, 0.25) is 5.02 Å². The summed E-state index contributed by atoms with van der Waals surface area (Å²) in [5.74, 6) is -0.761. The molecule has 0 aromatic heterocycles. The van der Waals surface area contributed by atoms with Gasteiger partial charge in [0.2, 0.25) is 0 Å². The van der Waals surface area contributed by atoms with Crippen molar-refractivity contribution in [3.05, 3.63) is 28.8 Å². The van der Waals surface area contributed by atoms with E-state index in [-0.39, 0.29) is 11.3 Å². The molecule has 5 heteroatoms. The molecule has 0 fully saturated rings. The molecule has 1 aromatic rings. The number of halogens is 1. The fourth-order valence-corrected chi connectivity index (χ4v) is 1.51. The summed E-state index contributed by atoms with van der Waals surface area (Å²) in [5, 5.41) is 9.42. The lowest BCUT2D eigenvalue weighted by atomic mass is 10.2. The van der Waals surface area contributed by atoms with Gasteiger partial charge in [0.25, 0.3) is 0 Å². The molecule has 18 heavy (non-hydrogen) atoms. The van der Waals surface area contributed by atoms with Crippen LogP contribution in [0.5, 0.6) is 5.75 Å². The van der Waals surface area contributed by atoms with Gasteiger partial charge in [0.05, 0.1) is 6.61 Å². The van der Waals surface area contributed by atoms with Crippen molar-refractivity contribution in [3.8, 4) is 5.75 Å². The van der Waals surface area contributed by atoms with E-state index in [9.17, 15) is 4.79 Å². The minimum absolute atomic E-state index is 0.105. The standard InChI is InChI=1S/C13H17ClO4/c1-2-3-6-17-7-8-18-12-9-10(14)4-5-11(12)13(15)16/h4-5,9H,2-3,6-8H2,1H3,(H,15,16). The van der Waals surface area contributed by atoms with Crippen LogP contribution < -0.4 is 4.74 Å². The second-order valence-electron chi connectivity index (χ2n) is 3.76. The number of carboxylic acid groups (broad SMARTS) is 1. The van der Waals surface area contributed by atoms with Crippen molar-refractivity contribution < 1.29 is 19.4 Å². The normalized spacial score (nSPS) is 10.3. The molecule has 0 amide bonds. The Balaban J connectivity index is 2.45. The Bertz CT molecular complexity index is 393. The molecule has 0 saturated carbocycles. The summed E-state index contributed by atoms with van der Waals surface area (Å²) in [6, 6.07) is 4.45. The number of rotatable bonds is 8. The molecule has 0 aliphatic carbocycles. The van der Waals surface area contributed by atoms with Crippen molar-refractivity contribution in [2.24, 2.45) is 0 Å². The summed E-state index contributed by atoms with van der Waals surface area (Å²) in [6.45, 7) is 3.53. The number of unbranched alkanes of at least 4 members (excludes halogenated alkanes) is 1. The van der Waals surface area contributed by atoms with Gasteiger partial charge in [-0.3, -0.25) is 0 Å². The summed E-state index contributed by atoms with van der Waals surface area (Å²) in [7, 11) is 0. The van der Waals surface area contributed by atoms with E-state index in [0.29, 0.717) is 24.8 Å². The van der Waals surface area contributed by atoms with E-state index in [2.05, 4.69) is 6.92 Å². The Morgan fingerprint density at radius 1 is 1.33 bits per heavy atom. The van der Waals surface area contributed by atoms with Crippen molar-refractivity contribution >= 4 is 17.6 Å². The highest BCUT2D eigenvalue weighted by molar-refractivity contribution is 6.30. The average molecular weight is 273 g/mol. The van der Waals surface area contributed by atoms with Crippen LogP contribution in [-0.2, 0) is 4.74 Å². The first-order chi connectivity index (χ1) is 8.65. The first kappa shape index (κ1) is 14.8. The van der Waals surface area contributed by atoms with Crippen LogP contribution in [0.1, 0.15) is 30.1 Å². The van der Waals surface area contributed by atoms with Gasteiger partial charge in [-0.1, -0.05) is 24.9 Å². The predicted octanol–water partition coefficient (Wildman–Crippen LogP) is 3.23. The molecule has 100 valence electrons. The lowest BCUT2D eigenvalue weighted by molar-refractivity contribution is 0.0685. The minimum atomic E-state index is -1.03. The molecule has 0 saturated heterocycles. The lowest BCUT2D eigenvalue weighted by Crippen LogP contribution is -2.10. The molecular formula is C13H17ClO4. The van der Waals surface area contributed by atoms with Crippen LogP contribution in [0.4, 0.5) is 0 Å². The van der Waals surface area contributed by atoms with Gasteiger partial charge < -0.3 is 14.6 Å². The monoisotopic (exact) mass is 272 g/mol. The summed E-state index contributed by atoms with van der Waals surface area (Å²) < 4.78 is 10.7. The second kappa shape index (κ2) is 7.95. The molecule has 0 unspecified atom stereocenters. The summed E-state index contributed by atoms with van der Waals surface area (Å²) in [6.07, 6.45) is 2.09. The van der Waals surface area contributed by atoms with Gasteiger partial charge in [-0.05, 0) is 24.6 Å². The highest BCUT2D eigenvalue weighted by atomic mass is 35.5. The van der Waals surface area contributed by atoms with Gasteiger partial charge in [0.1, 0.15) is 17.9 Å². The molecule has 0 bridgehead atoms. The van der Waals surface area contributed by atoms with Crippen LogP contribution in [0, 0.1) is 0 Å². The zero-order valence-corrected chi connectivity index (χ0v) is 11.1. The number of aromatic carboxylic acids is 1. The topological polar surface area (TPSA) is 55.8 Å². The Hall–Kier alpha value is -1.26. The van der Waals surface area contributed by atoms with Crippen LogP contribution >= 0.6 is 11.6 Å². The van der Waals surface area contributed by atoms with Gasteiger partial charge >= 0.3 is 5.97 Å². The van der Waals surface area contributed by atoms with Gasteiger partial charge in [-0.15, -0.1) is 0 Å². The summed E-state index contributed by atoms with van der Waals surface area (Å²) in [5.41, 5.74) is 0.105. The molecule has 0 radical (unpaired) electrons. The van der Waals surface area contributed by atoms with Crippen molar-refractivity contribution in [2.45, 2.75) is 19.8 Å². The average Bonchev–Trinajstić information content (AvgIpc) is 2.33. The molecule has 0 spiro atoms. The van der Waals surface area contributed by atoms with Crippen LogP contribution in [0.25, 0.3) is 0 Å². The zero-order valence-electron chi connectivity index (χ0n) is 10.3. The molecule has 0 aliphatic heterocycles. The molecule has 1 aromatic carbocycles. The van der Waals surface area contributed by atoms with Gasteiger partial charge in [-0.2, -0.15) is 0 Å². The Morgan fingerprint density at radius 2 is 2.11 bits per heavy atom. The predicted molar refractivity (Wildman–Crippen MR) is 69.6 cm³/mol. The number of benzene rings is 1. The van der Waals surface area contributed by atoms with E-state index in [0.717, 1.165) is 12.8 Å². The molecule has 0 atom stereocenters. The smallest absolute Gasteiger partial charge is 0.339 e. The second-order valence-corrected chi connectivity index (χ2v) is 4.20. The highest BCUT2D eigenvalue weighted by Crippen LogP contribution is 2.23. The number of ether oxygens (including phenoxy) is 2. The van der Waals surface area contributed by atoms with Crippen molar-refractivity contribution in [1.29, 1.82) is 0 Å². The molecule has 1 rings (SSSR count). The van der Waals surface area contributed by atoms with Crippen molar-refractivity contribution in [3.63, 3.8) is 0 Å². The number of carboxylic acids is 1. The molecule has 0 aliphatic rings. The minimum Gasteiger partial charge on any atom is -0.490 e. The highest BCUT2D eigenvalue weighted by Gasteiger charge is 2.11. The van der Waals surface area contributed by atoms with E-state index in [1.165, 1.54) is 18.2 Å². The number of carbonyl (C=O) groups is 1. The molecule has 4 nitrogen and oxygen atoms in total. The quantitative estimate of drug-likeness (QED) is 0.738. The Kier molecular flexibility index (Phi) is 6.54.